The van der Waals surface area contributed by atoms with E-state index in [0.717, 1.165) is 0 Å². The van der Waals surface area contributed by atoms with Crippen LogP contribution in [0.15, 0.2) is 24.3 Å². The zero-order valence-corrected chi connectivity index (χ0v) is 12.6. The summed E-state index contributed by atoms with van der Waals surface area (Å²) >= 11 is 0. The molecule has 1 heterocycles. The first-order valence-electron chi connectivity index (χ1n) is 7.05. The Bertz CT molecular complexity index is 637. The molecule has 0 radical (unpaired) electrons. The molecule has 1 aromatic rings. The Morgan fingerprint density at radius 2 is 2.14 bits per heavy atom. The Morgan fingerprint density at radius 3 is 2.73 bits per heavy atom. The second-order valence-corrected chi connectivity index (χ2v) is 5.74. The van der Waals surface area contributed by atoms with Gasteiger partial charge in [0.1, 0.15) is 11.8 Å². The summed E-state index contributed by atoms with van der Waals surface area (Å²) in [5.74, 6) is -0.810. The molecule has 0 bridgehead atoms. The second kappa shape index (κ2) is 6.06. The largest absolute Gasteiger partial charge is 0.481 e. The van der Waals surface area contributed by atoms with E-state index in [-0.39, 0.29) is 12.5 Å². The molecule has 1 fully saturated rings. The van der Waals surface area contributed by atoms with Gasteiger partial charge in [0.2, 0.25) is 0 Å². The number of ether oxygens (including phenoxy) is 1. The van der Waals surface area contributed by atoms with Crippen LogP contribution < -0.4 is 4.74 Å². The summed E-state index contributed by atoms with van der Waals surface area (Å²) in [5, 5.41) is 18.2. The molecule has 0 saturated carbocycles. The number of carboxylic acids is 1. The van der Waals surface area contributed by atoms with Crippen LogP contribution in [-0.2, 0) is 9.59 Å². The van der Waals surface area contributed by atoms with Gasteiger partial charge in [-0.15, -0.1) is 0 Å². The summed E-state index contributed by atoms with van der Waals surface area (Å²) in [6.45, 7) is 3.82. The van der Waals surface area contributed by atoms with Crippen LogP contribution in [0.1, 0.15) is 25.8 Å². The van der Waals surface area contributed by atoms with Crippen LogP contribution in [0.3, 0.4) is 0 Å². The van der Waals surface area contributed by atoms with Gasteiger partial charge in [-0.05, 0) is 32.4 Å². The minimum Gasteiger partial charge on any atom is -0.481 e. The normalized spacial score (nSPS) is 22.0. The smallest absolute Gasteiger partial charge is 0.311 e. The number of benzene rings is 1. The molecule has 6 nitrogen and oxygen atoms in total. The first kappa shape index (κ1) is 15.8. The minimum absolute atomic E-state index is 0.175. The lowest BCUT2D eigenvalue weighted by Crippen LogP contribution is -2.41. The lowest BCUT2D eigenvalue weighted by Gasteiger charge is -2.23. The fourth-order valence-electron chi connectivity index (χ4n) is 2.48. The zero-order chi connectivity index (χ0) is 16.3. The molecule has 0 aromatic heterocycles. The maximum Gasteiger partial charge on any atom is 0.311 e. The number of hydrogen-bond acceptors (Lipinski definition) is 4. The Kier molecular flexibility index (Phi) is 4.36. The highest BCUT2D eigenvalue weighted by Gasteiger charge is 2.43. The summed E-state index contributed by atoms with van der Waals surface area (Å²) in [6.07, 6.45) is -0.346. The maximum absolute atomic E-state index is 12.4. The molecular weight excluding hydrogens is 284 g/mol. The fraction of sp³-hybridized carbons (Fsp3) is 0.438. The summed E-state index contributed by atoms with van der Waals surface area (Å²) < 4.78 is 5.58. The van der Waals surface area contributed by atoms with E-state index < -0.39 is 17.5 Å². The van der Waals surface area contributed by atoms with Gasteiger partial charge in [-0.25, -0.2) is 0 Å². The molecule has 116 valence electrons. The SMILES string of the molecule is C[C@H](Oc1ccccc1C#N)C(=O)N1CC[C@](C)(C(=O)O)C1. The molecule has 1 aromatic carbocycles. The third-order valence-corrected chi connectivity index (χ3v) is 3.96. The number of amides is 1. The standard InChI is InChI=1S/C16H18N2O4/c1-11(22-13-6-4-3-5-12(13)9-17)14(19)18-8-7-16(2,10-18)15(20)21/h3-6,11H,7-8,10H2,1-2H3,(H,20,21)/t11-,16-/m0/s1. The average Bonchev–Trinajstić information content (AvgIpc) is 2.91. The molecule has 6 heteroatoms. The van der Waals surface area contributed by atoms with Gasteiger partial charge < -0.3 is 14.7 Å². The van der Waals surface area contributed by atoms with Gasteiger partial charge in [-0.1, -0.05) is 12.1 Å². The van der Waals surface area contributed by atoms with Gasteiger partial charge >= 0.3 is 5.97 Å². The monoisotopic (exact) mass is 302 g/mol. The lowest BCUT2D eigenvalue weighted by molar-refractivity contribution is -0.147. The van der Waals surface area contributed by atoms with Crippen molar-refractivity contribution >= 4 is 11.9 Å². The molecule has 0 unspecified atom stereocenters. The number of carbonyl (C=O) groups excluding carboxylic acids is 1. The first-order chi connectivity index (χ1) is 10.4. The summed E-state index contributed by atoms with van der Waals surface area (Å²) in [5.41, 5.74) is -0.543. The van der Waals surface area contributed by atoms with Crippen molar-refractivity contribution < 1.29 is 19.4 Å². The number of nitrogens with zero attached hydrogens (tertiary/aromatic N) is 2. The fourth-order valence-corrected chi connectivity index (χ4v) is 2.48. The first-order valence-corrected chi connectivity index (χ1v) is 7.05. The van der Waals surface area contributed by atoms with Crippen molar-refractivity contribution in [2.75, 3.05) is 13.1 Å². The number of carboxylic acid groups (broad SMARTS) is 1. The molecule has 1 saturated heterocycles. The third-order valence-electron chi connectivity index (χ3n) is 3.96. The van der Waals surface area contributed by atoms with Crippen LogP contribution in [0.5, 0.6) is 5.75 Å². The van der Waals surface area contributed by atoms with Gasteiger partial charge in [0, 0.05) is 13.1 Å². The Hall–Kier alpha value is -2.55. The van der Waals surface area contributed by atoms with Crippen LogP contribution in [0.25, 0.3) is 0 Å². The lowest BCUT2D eigenvalue weighted by atomic mass is 9.90. The van der Waals surface area contributed by atoms with E-state index in [1.807, 2.05) is 6.07 Å². The number of rotatable bonds is 4. The van der Waals surface area contributed by atoms with Gasteiger partial charge in [0.25, 0.3) is 5.91 Å². The predicted molar refractivity (Wildman–Crippen MR) is 78.2 cm³/mol. The number of likely N-dealkylation sites (tertiary alicyclic amines) is 1. The maximum atomic E-state index is 12.4. The molecular formula is C16H18N2O4. The van der Waals surface area contributed by atoms with Crippen LogP contribution >= 0.6 is 0 Å². The van der Waals surface area contributed by atoms with Gasteiger partial charge in [0.05, 0.1) is 11.0 Å². The molecule has 0 aliphatic carbocycles. The zero-order valence-electron chi connectivity index (χ0n) is 12.6. The topological polar surface area (TPSA) is 90.6 Å². The molecule has 0 spiro atoms. The van der Waals surface area contributed by atoms with Crippen molar-refractivity contribution in [1.82, 2.24) is 4.90 Å². The van der Waals surface area contributed by atoms with Crippen molar-refractivity contribution in [1.29, 1.82) is 5.26 Å². The van der Waals surface area contributed by atoms with E-state index >= 15 is 0 Å². The van der Waals surface area contributed by atoms with Gasteiger partial charge in [-0.3, -0.25) is 9.59 Å². The van der Waals surface area contributed by atoms with Gasteiger partial charge in [0.15, 0.2) is 6.10 Å². The third kappa shape index (κ3) is 3.03. The average molecular weight is 302 g/mol. The van der Waals surface area contributed by atoms with E-state index in [4.69, 9.17) is 10.00 Å². The van der Waals surface area contributed by atoms with Crippen molar-refractivity contribution in [3.8, 4) is 11.8 Å². The van der Waals surface area contributed by atoms with E-state index in [2.05, 4.69) is 0 Å². The second-order valence-electron chi connectivity index (χ2n) is 5.74. The van der Waals surface area contributed by atoms with Crippen LogP contribution in [0.2, 0.25) is 0 Å². The molecule has 22 heavy (non-hydrogen) atoms. The quantitative estimate of drug-likeness (QED) is 0.913. The number of aliphatic carboxylic acids is 1. The van der Waals surface area contributed by atoms with E-state index in [0.29, 0.717) is 24.3 Å². The van der Waals surface area contributed by atoms with Crippen molar-refractivity contribution in [2.45, 2.75) is 26.4 Å². The molecule has 1 aliphatic heterocycles. The molecule has 1 amide bonds. The van der Waals surface area contributed by atoms with Crippen LogP contribution in [-0.4, -0.2) is 41.1 Å². The van der Waals surface area contributed by atoms with Crippen LogP contribution in [0, 0.1) is 16.7 Å². The predicted octanol–water partition coefficient (Wildman–Crippen LogP) is 1.65. The van der Waals surface area contributed by atoms with Crippen LogP contribution in [0.4, 0.5) is 0 Å². The summed E-state index contributed by atoms with van der Waals surface area (Å²) in [4.78, 5) is 25.1. The number of nitriles is 1. The van der Waals surface area contributed by atoms with Crippen molar-refractivity contribution in [3.05, 3.63) is 29.8 Å². The van der Waals surface area contributed by atoms with E-state index in [9.17, 15) is 14.7 Å². The molecule has 1 aliphatic rings. The summed E-state index contributed by atoms with van der Waals surface area (Å²) in [7, 11) is 0. The molecule has 2 atom stereocenters. The number of carbonyl (C=O) groups is 2. The Morgan fingerprint density at radius 1 is 1.45 bits per heavy atom. The van der Waals surface area contributed by atoms with E-state index in [1.165, 1.54) is 4.90 Å². The molecule has 1 N–H and O–H groups in total. The highest BCUT2D eigenvalue weighted by Crippen LogP contribution is 2.30. The van der Waals surface area contributed by atoms with Crippen molar-refractivity contribution in [3.63, 3.8) is 0 Å². The number of para-hydroxylation sites is 1. The highest BCUT2D eigenvalue weighted by molar-refractivity contribution is 5.83. The van der Waals surface area contributed by atoms with Gasteiger partial charge in [-0.2, -0.15) is 5.26 Å². The Labute approximate surface area is 128 Å². The summed E-state index contributed by atoms with van der Waals surface area (Å²) in [6, 6.07) is 8.70. The minimum atomic E-state index is -0.903. The molecule has 2 rings (SSSR count). The highest BCUT2D eigenvalue weighted by atomic mass is 16.5. The Balaban J connectivity index is 2.05. The van der Waals surface area contributed by atoms with Crippen molar-refractivity contribution in [2.24, 2.45) is 5.41 Å². The number of hydrogen-bond donors (Lipinski definition) is 1. The van der Waals surface area contributed by atoms with E-state index in [1.54, 1.807) is 38.1 Å².